The number of hydrogen-bond acceptors (Lipinski definition) is 6. The zero-order valence-corrected chi connectivity index (χ0v) is 14.5. The first-order chi connectivity index (χ1) is 12.1. The molecule has 0 saturated carbocycles. The normalized spacial score (nSPS) is 10.6. The molecule has 0 aliphatic rings. The Morgan fingerprint density at radius 3 is 2.80 bits per heavy atom. The smallest absolute Gasteiger partial charge is 0.277 e. The third-order valence-electron chi connectivity index (χ3n) is 3.21. The molecule has 0 fully saturated rings. The fourth-order valence-corrected chi connectivity index (χ4v) is 2.81. The molecular weight excluding hydrogens is 362 g/mol. The largest absolute Gasteiger partial charge is 0.506 e. The van der Waals surface area contributed by atoms with Crippen molar-refractivity contribution < 1.29 is 14.3 Å². The van der Waals surface area contributed by atoms with Gasteiger partial charge in [-0.15, -0.1) is 10.2 Å². The summed E-state index contributed by atoms with van der Waals surface area (Å²) in [7, 11) is 0. The molecule has 0 aliphatic carbocycles. The van der Waals surface area contributed by atoms with Crippen LogP contribution in [0.5, 0.6) is 5.75 Å². The highest BCUT2D eigenvalue weighted by Crippen LogP contribution is 2.27. The maximum Gasteiger partial charge on any atom is 0.277 e. The van der Waals surface area contributed by atoms with Crippen molar-refractivity contribution in [3.8, 4) is 5.75 Å². The monoisotopic (exact) mass is 375 g/mol. The molecule has 0 bridgehead atoms. The number of carbonyl (C=O) groups excluding carboxylic acids is 1. The quantitative estimate of drug-likeness (QED) is 0.504. The van der Waals surface area contributed by atoms with Crippen molar-refractivity contribution in [2.24, 2.45) is 0 Å². The van der Waals surface area contributed by atoms with E-state index in [1.54, 1.807) is 0 Å². The number of halogens is 1. The van der Waals surface area contributed by atoms with Gasteiger partial charge in [-0.25, -0.2) is 0 Å². The first-order valence-corrected chi connectivity index (χ1v) is 8.74. The highest BCUT2D eigenvalue weighted by molar-refractivity contribution is 7.99. The second-order valence-corrected chi connectivity index (χ2v) is 6.49. The zero-order chi connectivity index (χ0) is 17.6. The van der Waals surface area contributed by atoms with Crippen molar-refractivity contribution in [2.45, 2.75) is 11.6 Å². The fraction of sp³-hybridized carbons (Fsp3) is 0.118. The Morgan fingerprint density at radius 1 is 1.20 bits per heavy atom. The maximum atomic E-state index is 12.0. The van der Waals surface area contributed by atoms with Crippen LogP contribution < -0.4 is 5.32 Å². The van der Waals surface area contributed by atoms with Crippen LogP contribution in [0.1, 0.15) is 11.5 Å². The molecule has 1 amide bonds. The molecule has 128 valence electrons. The summed E-state index contributed by atoms with van der Waals surface area (Å²) < 4.78 is 5.52. The van der Waals surface area contributed by atoms with Crippen LogP contribution in [0.4, 0.5) is 5.69 Å². The topological polar surface area (TPSA) is 88.2 Å². The number of nitrogens with one attached hydrogen (secondary N) is 1. The SMILES string of the molecule is O=C(CSc1nnc(Cc2ccccc2)o1)Nc1cc(Cl)ccc1O. The molecule has 0 aliphatic heterocycles. The molecule has 2 aromatic carbocycles. The van der Waals surface area contributed by atoms with E-state index in [9.17, 15) is 9.90 Å². The van der Waals surface area contributed by atoms with Crippen LogP contribution in [0.15, 0.2) is 58.2 Å². The molecule has 1 aromatic heterocycles. The van der Waals surface area contributed by atoms with Gasteiger partial charge in [0.05, 0.1) is 17.9 Å². The highest BCUT2D eigenvalue weighted by Gasteiger charge is 2.12. The third-order valence-corrected chi connectivity index (χ3v) is 4.26. The van der Waals surface area contributed by atoms with Gasteiger partial charge in [-0.2, -0.15) is 0 Å². The van der Waals surface area contributed by atoms with Gasteiger partial charge in [0.2, 0.25) is 11.8 Å². The van der Waals surface area contributed by atoms with E-state index in [0.717, 1.165) is 17.3 Å². The molecule has 25 heavy (non-hydrogen) atoms. The van der Waals surface area contributed by atoms with Gasteiger partial charge in [0.1, 0.15) is 5.75 Å². The predicted octanol–water partition coefficient (Wildman–Crippen LogP) is 3.75. The van der Waals surface area contributed by atoms with Gasteiger partial charge in [0.25, 0.3) is 5.22 Å². The van der Waals surface area contributed by atoms with E-state index in [1.165, 1.54) is 18.2 Å². The summed E-state index contributed by atoms with van der Waals surface area (Å²) in [6, 6.07) is 14.2. The minimum Gasteiger partial charge on any atom is -0.506 e. The second kappa shape index (κ2) is 8.04. The lowest BCUT2D eigenvalue weighted by Crippen LogP contribution is -2.14. The van der Waals surface area contributed by atoms with Crippen LogP contribution >= 0.6 is 23.4 Å². The summed E-state index contributed by atoms with van der Waals surface area (Å²) in [5, 5.41) is 20.9. The summed E-state index contributed by atoms with van der Waals surface area (Å²) in [6.07, 6.45) is 0.539. The molecule has 8 heteroatoms. The van der Waals surface area contributed by atoms with Gasteiger partial charge in [-0.05, 0) is 23.8 Å². The number of thioether (sulfide) groups is 1. The van der Waals surface area contributed by atoms with Crippen molar-refractivity contribution in [3.05, 3.63) is 65.0 Å². The number of aromatic hydroxyl groups is 1. The van der Waals surface area contributed by atoms with E-state index in [1.807, 2.05) is 30.3 Å². The van der Waals surface area contributed by atoms with Crippen molar-refractivity contribution in [1.29, 1.82) is 0 Å². The molecule has 6 nitrogen and oxygen atoms in total. The van der Waals surface area contributed by atoms with Gasteiger partial charge in [0.15, 0.2) is 0 Å². The lowest BCUT2D eigenvalue weighted by atomic mass is 10.2. The minimum atomic E-state index is -0.314. The van der Waals surface area contributed by atoms with Crippen molar-refractivity contribution in [1.82, 2.24) is 10.2 Å². The van der Waals surface area contributed by atoms with Crippen LogP contribution in [-0.2, 0) is 11.2 Å². The van der Waals surface area contributed by atoms with E-state index in [4.69, 9.17) is 16.0 Å². The Labute approximate surface area is 153 Å². The van der Waals surface area contributed by atoms with E-state index < -0.39 is 0 Å². The number of phenols is 1. The molecular formula is C17H14ClN3O3S. The molecule has 1 heterocycles. The van der Waals surface area contributed by atoms with Crippen LogP contribution in [-0.4, -0.2) is 27.0 Å². The lowest BCUT2D eigenvalue weighted by Gasteiger charge is -2.06. The van der Waals surface area contributed by atoms with Gasteiger partial charge in [-0.1, -0.05) is 53.7 Å². The Morgan fingerprint density at radius 2 is 2.00 bits per heavy atom. The van der Waals surface area contributed by atoms with E-state index >= 15 is 0 Å². The molecule has 0 spiro atoms. The average molecular weight is 376 g/mol. The van der Waals surface area contributed by atoms with E-state index in [0.29, 0.717) is 22.6 Å². The van der Waals surface area contributed by atoms with Crippen molar-refractivity contribution in [2.75, 3.05) is 11.1 Å². The Kier molecular flexibility index (Phi) is 5.57. The van der Waals surface area contributed by atoms with Crippen molar-refractivity contribution in [3.63, 3.8) is 0 Å². The second-order valence-electron chi connectivity index (χ2n) is 5.12. The Hall–Kier alpha value is -2.51. The number of amides is 1. The van der Waals surface area contributed by atoms with Gasteiger partial charge in [0, 0.05) is 5.02 Å². The molecule has 0 saturated heterocycles. The van der Waals surface area contributed by atoms with Gasteiger partial charge in [-0.3, -0.25) is 4.79 Å². The highest BCUT2D eigenvalue weighted by atomic mass is 35.5. The first-order valence-electron chi connectivity index (χ1n) is 7.37. The Balaban J connectivity index is 1.53. The minimum absolute atomic E-state index is 0.0503. The summed E-state index contributed by atoms with van der Waals surface area (Å²) in [6.45, 7) is 0. The number of anilines is 1. The fourth-order valence-electron chi connectivity index (χ4n) is 2.06. The Bertz CT molecular complexity index is 871. The standard InChI is InChI=1S/C17H14ClN3O3S/c18-12-6-7-14(22)13(9-12)19-15(23)10-25-17-21-20-16(24-17)8-11-4-2-1-3-5-11/h1-7,9,22H,8,10H2,(H,19,23). The number of nitrogens with zero attached hydrogens (tertiary/aromatic N) is 2. The number of benzene rings is 2. The number of rotatable bonds is 6. The van der Waals surface area contributed by atoms with E-state index in [-0.39, 0.29) is 23.1 Å². The van der Waals surface area contributed by atoms with Crippen LogP contribution in [0, 0.1) is 0 Å². The molecule has 0 unspecified atom stereocenters. The van der Waals surface area contributed by atoms with Gasteiger partial charge < -0.3 is 14.8 Å². The van der Waals surface area contributed by atoms with Crippen LogP contribution in [0.2, 0.25) is 5.02 Å². The number of aromatic nitrogens is 2. The number of phenolic OH excluding ortho intramolecular Hbond substituents is 1. The maximum absolute atomic E-state index is 12.0. The van der Waals surface area contributed by atoms with Crippen molar-refractivity contribution >= 4 is 35.0 Å². The lowest BCUT2D eigenvalue weighted by molar-refractivity contribution is -0.113. The molecule has 2 N–H and O–H groups in total. The van der Waals surface area contributed by atoms with Crippen LogP contribution in [0.25, 0.3) is 0 Å². The molecule has 3 rings (SSSR count). The number of hydrogen-bond donors (Lipinski definition) is 2. The number of carbonyl (C=O) groups is 1. The third kappa shape index (κ3) is 4.98. The molecule has 0 radical (unpaired) electrons. The average Bonchev–Trinajstić information content (AvgIpc) is 3.05. The zero-order valence-electron chi connectivity index (χ0n) is 13.0. The summed E-state index contributed by atoms with van der Waals surface area (Å²) >= 11 is 6.96. The summed E-state index contributed by atoms with van der Waals surface area (Å²) in [5.74, 6) is 0.191. The van der Waals surface area contributed by atoms with Crippen LogP contribution in [0.3, 0.4) is 0 Å². The molecule has 3 aromatic rings. The van der Waals surface area contributed by atoms with Gasteiger partial charge >= 0.3 is 0 Å². The van der Waals surface area contributed by atoms with E-state index in [2.05, 4.69) is 15.5 Å². The summed E-state index contributed by atoms with van der Waals surface area (Å²) in [5.41, 5.74) is 1.32. The predicted molar refractivity (Wildman–Crippen MR) is 96.0 cm³/mol. The first kappa shape index (κ1) is 17.3. The summed E-state index contributed by atoms with van der Waals surface area (Å²) in [4.78, 5) is 12.0. The molecule has 0 atom stereocenters.